The summed E-state index contributed by atoms with van der Waals surface area (Å²) in [5.41, 5.74) is 3.34. The number of aromatic nitrogens is 3. The number of benzene rings is 1. The maximum Gasteiger partial charge on any atom is 0.107 e. The molecule has 0 saturated heterocycles. The molecule has 0 bridgehead atoms. The summed E-state index contributed by atoms with van der Waals surface area (Å²) in [7, 11) is 0. The van der Waals surface area contributed by atoms with Gasteiger partial charge in [0.1, 0.15) is 6.10 Å². The highest BCUT2D eigenvalue weighted by molar-refractivity contribution is 5.85. The maximum atomic E-state index is 10.8. The summed E-state index contributed by atoms with van der Waals surface area (Å²) in [6.07, 6.45) is 3.59. The van der Waals surface area contributed by atoms with Gasteiger partial charge in [-0.1, -0.05) is 25.1 Å². The average molecular weight is 279 g/mol. The standard InChI is InChI=1S/C17H17N3O/c1-3-16-15(9-11(2)19-20-16)17(21)14-6-4-5-12-10-18-8-7-13(12)14/h4-10,17,21H,3H2,1-2H3. The van der Waals surface area contributed by atoms with Gasteiger partial charge >= 0.3 is 0 Å². The molecule has 4 nitrogen and oxygen atoms in total. The van der Waals surface area contributed by atoms with Crippen LogP contribution in [0.1, 0.15) is 35.5 Å². The van der Waals surface area contributed by atoms with Crippen LogP contribution in [0.25, 0.3) is 10.8 Å². The van der Waals surface area contributed by atoms with Crippen molar-refractivity contribution in [3.05, 3.63) is 65.2 Å². The minimum atomic E-state index is -0.708. The first kappa shape index (κ1) is 13.6. The molecular formula is C17H17N3O. The lowest BCUT2D eigenvalue weighted by Gasteiger charge is -2.16. The van der Waals surface area contributed by atoms with Crippen LogP contribution in [-0.2, 0) is 6.42 Å². The molecular weight excluding hydrogens is 262 g/mol. The second-order valence-electron chi connectivity index (χ2n) is 5.09. The molecule has 0 spiro atoms. The SMILES string of the molecule is CCc1nnc(C)cc1C(O)c1cccc2cnccc12. The van der Waals surface area contributed by atoms with Crippen LogP contribution in [0.15, 0.2) is 42.7 Å². The number of pyridine rings is 1. The topological polar surface area (TPSA) is 58.9 Å². The van der Waals surface area contributed by atoms with E-state index < -0.39 is 6.10 Å². The van der Waals surface area contributed by atoms with Crippen LogP contribution < -0.4 is 0 Å². The molecule has 0 aliphatic heterocycles. The van der Waals surface area contributed by atoms with Gasteiger partial charge in [0.05, 0.1) is 11.4 Å². The average Bonchev–Trinajstić information content (AvgIpc) is 2.53. The molecule has 0 aliphatic rings. The number of nitrogens with zero attached hydrogens (tertiary/aromatic N) is 3. The largest absolute Gasteiger partial charge is 0.384 e. The molecule has 0 aliphatic carbocycles. The van der Waals surface area contributed by atoms with Crippen LogP contribution in [-0.4, -0.2) is 20.3 Å². The first-order valence-electron chi connectivity index (χ1n) is 7.04. The molecule has 1 unspecified atom stereocenters. The van der Waals surface area contributed by atoms with Crippen molar-refractivity contribution in [3.63, 3.8) is 0 Å². The van der Waals surface area contributed by atoms with Gasteiger partial charge in [-0.15, -0.1) is 0 Å². The Hall–Kier alpha value is -2.33. The third-order valence-corrected chi connectivity index (χ3v) is 3.66. The minimum absolute atomic E-state index is 0.708. The number of hydrogen-bond donors (Lipinski definition) is 1. The zero-order valence-corrected chi connectivity index (χ0v) is 12.1. The van der Waals surface area contributed by atoms with E-state index in [1.54, 1.807) is 6.20 Å². The summed E-state index contributed by atoms with van der Waals surface area (Å²) >= 11 is 0. The van der Waals surface area contributed by atoms with Gasteiger partial charge in [0.15, 0.2) is 0 Å². The molecule has 1 atom stereocenters. The fourth-order valence-electron chi connectivity index (χ4n) is 2.60. The summed E-state index contributed by atoms with van der Waals surface area (Å²) in [5, 5.41) is 21.1. The van der Waals surface area contributed by atoms with E-state index in [4.69, 9.17) is 0 Å². The van der Waals surface area contributed by atoms with Crippen molar-refractivity contribution in [1.82, 2.24) is 15.2 Å². The molecule has 0 amide bonds. The normalized spacial score (nSPS) is 12.5. The first-order valence-corrected chi connectivity index (χ1v) is 7.04. The second kappa shape index (κ2) is 5.58. The zero-order valence-electron chi connectivity index (χ0n) is 12.1. The van der Waals surface area contributed by atoms with E-state index in [1.807, 2.05) is 50.4 Å². The third kappa shape index (κ3) is 2.50. The molecule has 1 aromatic carbocycles. The van der Waals surface area contributed by atoms with Gasteiger partial charge in [0, 0.05) is 23.3 Å². The zero-order chi connectivity index (χ0) is 14.8. The Balaban J connectivity index is 2.17. The van der Waals surface area contributed by atoms with Gasteiger partial charge in [-0.3, -0.25) is 4.98 Å². The fourth-order valence-corrected chi connectivity index (χ4v) is 2.60. The molecule has 0 saturated carbocycles. The lowest BCUT2D eigenvalue weighted by Crippen LogP contribution is -2.08. The lowest BCUT2D eigenvalue weighted by atomic mass is 9.95. The molecule has 106 valence electrons. The highest BCUT2D eigenvalue weighted by Crippen LogP contribution is 2.30. The fraction of sp³-hybridized carbons (Fsp3) is 0.235. The summed E-state index contributed by atoms with van der Waals surface area (Å²) < 4.78 is 0. The predicted octanol–water partition coefficient (Wildman–Crippen LogP) is 2.98. The van der Waals surface area contributed by atoms with Crippen LogP contribution in [0.2, 0.25) is 0 Å². The molecule has 0 fully saturated rings. The van der Waals surface area contributed by atoms with Crippen LogP contribution in [0.4, 0.5) is 0 Å². The molecule has 3 aromatic rings. The number of rotatable bonds is 3. The summed E-state index contributed by atoms with van der Waals surface area (Å²) in [6, 6.07) is 9.73. The van der Waals surface area contributed by atoms with Gasteiger partial charge in [-0.2, -0.15) is 10.2 Å². The van der Waals surface area contributed by atoms with E-state index in [9.17, 15) is 5.11 Å². The molecule has 0 radical (unpaired) electrons. The van der Waals surface area contributed by atoms with Crippen molar-refractivity contribution in [3.8, 4) is 0 Å². The van der Waals surface area contributed by atoms with E-state index in [2.05, 4.69) is 15.2 Å². The van der Waals surface area contributed by atoms with Crippen LogP contribution in [0.3, 0.4) is 0 Å². The second-order valence-corrected chi connectivity index (χ2v) is 5.09. The molecule has 2 heterocycles. The van der Waals surface area contributed by atoms with E-state index in [1.165, 1.54) is 0 Å². The van der Waals surface area contributed by atoms with Gasteiger partial charge in [-0.05, 0) is 36.4 Å². The Morgan fingerprint density at radius 1 is 1.14 bits per heavy atom. The van der Waals surface area contributed by atoms with E-state index in [-0.39, 0.29) is 0 Å². The smallest absolute Gasteiger partial charge is 0.107 e. The Morgan fingerprint density at radius 3 is 2.81 bits per heavy atom. The molecule has 21 heavy (non-hydrogen) atoms. The van der Waals surface area contributed by atoms with Crippen molar-refractivity contribution in [2.45, 2.75) is 26.4 Å². The molecule has 2 aromatic heterocycles. The Kier molecular flexibility index (Phi) is 3.62. The van der Waals surface area contributed by atoms with Crippen LogP contribution >= 0.6 is 0 Å². The van der Waals surface area contributed by atoms with Crippen molar-refractivity contribution in [2.75, 3.05) is 0 Å². The first-order chi connectivity index (χ1) is 10.2. The van der Waals surface area contributed by atoms with Crippen LogP contribution in [0.5, 0.6) is 0 Å². The van der Waals surface area contributed by atoms with Crippen molar-refractivity contribution >= 4 is 10.8 Å². The Morgan fingerprint density at radius 2 is 2.00 bits per heavy atom. The summed E-state index contributed by atoms with van der Waals surface area (Å²) in [5.74, 6) is 0. The predicted molar refractivity (Wildman–Crippen MR) is 82.0 cm³/mol. The number of aryl methyl sites for hydroxylation is 2. The van der Waals surface area contributed by atoms with Crippen LogP contribution in [0, 0.1) is 6.92 Å². The Bertz CT molecular complexity index is 781. The van der Waals surface area contributed by atoms with E-state index >= 15 is 0 Å². The Labute approximate surface area is 123 Å². The number of hydrogen-bond acceptors (Lipinski definition) is 4. The van der Waals surface area contributed by atoms with E-state index in [0.29, 0.717) is 0 Å². The van der Waals surface area contributed by atoms with Crippen molar-refractivity contribution in [2.24, 2.45) is 0 Å². The van der Waals surface area contributed by atoms with Crippen molar-refractivity contribution in [1.29, 1.82) is 0 Å². The summed E-state index contributed by atoms with van der Waals surface area (Å²) in [4.78, 5) is 4.13. The van der Waals surface area contributed by atoms with Gasteiger partial charge < -0.3 is 5.11 Å². The monoisotopic (exact) mass is 279 g/mol. The van der Waals surface area contributed by atoms with E-state index in [0.717, 1.165) is 39.7 Å². The van der Waals surface area contributed by atoms with Gasteiger partial charge in [0.2, 0.25) is 0 Å². The number of aliphatic hydroxyl groups is 1. The number of fused-ring (bicyclic) bond motifs is 1. The van der Waals surface area contributed by atoms with Gasteiger partial charge in [-0.25, -0.2) is 0 Å². The molecule has 4 heteroatoms. The van der Waals surface area contributed by atoms with Crippen molar-refractivity contribution < 1.29 is 5.11 Å². The quantitative estimate of drug-likeness (QED) is 0.800. The minimum Gasteiger partial charge on any atom is -0.384 e. The lowest BCUT2D eigenvalue weighted by molar-refractivity contribution is 0.219. The number of aliphatic hydroxyl groups excluding tert-OH is 1. The maximum absolute atomic E-state index is 10.8. The third-order valence-electron chi connectivity index (χ3n) is 3.66. The molecule has 3 rings (SSSR count). The highest BCUT2D eigenvalue weighted by atomic mass is 16.3. The summed E-state index contributed by atoms with van der Waals surface area (Å²) in [6.45, 7) is 3.90. The molecule has 1 N–H and O–H groups in total. The highest BCUT2D eigenvalue weighted by Gasteiger charge is 2.18. The van der Waals surface area contributed by atoms with Gasteiger partial charge in [0.25, 0.3) is 0 Å².